The van der Waals surface area contributed by atoms with E-state index in [-0.39, 0.29) is 0 Å². The molecule has 0 unspecified atom stereocenters. The van der Waals surface area contributed by atoms with Crippen molar-refractivity contribution in [3.05, 3.63) is 0 Å². The zero-order chi connectivity index (χ0) is 31.2. The van der Waals surface area contributed by atoms with Crippen LogP contribution in [0.25, 0.3) is 0 Å². The van der Waals surface area contributed by atoms with E-state index in [1.54, 1.807) is 0 Å². The van der Waals surface area contributed by atoms with Crippen molar-refractivity contribution in [3.8, 4) is 0 Å². The van der Waals surface area contributed by atoms with E-state index in [0.717, 1.165) is 13.1 Å². The molecule has 0 atom stereocenters. The van der Waals surface area contributed by atoms with Crippen molar-refractivity contribution in [2.45, 2.75) is 13.1 Å². The molecule has 0 saturated heterocycles. The molecule has 0 aromatic heterocycles. The van der Waals surface area contributed by atoms with Gasteiger partial charge in [-0.1, -0.05) is 13.1 Å². The molecule has 0 aromatic rings. The molecule has 37 heteroatoms. The Morgan fingerprint density at radius 3 is 0.718 bits per heavy atom. The van der Waals surface area contributed by atoms with Gasteiger partial charge in [-0.05, 0) is 0 Å². The van der Waals surface area contributed by atoms with Gasteiger partial charge in [-0.2, -0.15) is 0 Å². The molecule has 0 heterocycles. The highest BCUT2D eigenvalue weighted by Gasteiger charge is 2.58. The molecule has 0 aliphatic heterocycles. The zero-order valence-electron chi connectivity index (χ0n) is 18.8. The summed E-state index contributed by atoms with van der Waals surface area (Å²) in [5, 5.41) is 0. The van der Waals surface area contributed by atoms with E-state index in [0.29, 0.717) is 0 Å². The summed E-state index contributed by atoms with van der Waals surface area (Å²) in [6, 6.07) is 0. The van der Waals surface area contributed by atoms with Crippen LogP contribution in [0.1, 0.15) is 0 Å². The molecule has 0 N–H and O–H groups in total. The molecule has 2 radical (unpaired) electrons. The molecule has 0 amide bonds. The van der Waals surface area contributed by atoms with Gasteiger partial charge in [0.05, 0.1) is 0 Å². The van der Waals surface area contributed by atoms with E-state index >= 15 is 0 Å². The van der Waals surface area contributed by atoms with Crippen molar-refractivity contribution >= 4 is 148 Å². The largest absolute Gasteiger partial charge is 0.389 e. The van der Waals surface area contributed by atoms with Crippen molar-refractivity contribution in [1.29, 1.82) is 0 Å². The molecule has 18 nitrogen and oxygen atoms in total. The fraction of sp³-hybridized carbons (Fsp3) is 1.00. The molecule has 0 rings (SSSR count). The van der Waals surface area contributed by atoms with Crippen LogP contribution >= 0.6 is 0 Å². The lowest BCUT2D eigenvalue weighted by molar-refractivity contribution is 0.535. The van der Waals surface area contributed by atoms with Gasteiger partial charge in [0.25, 0.3) is 0 Å². The lowest BCUT2D eigenvalue weighted by Crippen LogP contribution is -2.64. The van der Waals surface area contributed by atoms with Gasteiger partial charge in [-0.25, -0.2) is 0 Å². The van der Waals surface area contributed by atoms with Gasteiger partial charge in [0.2, 0.25) is 0 Å². The van der Waals surface area contributed by atoms with E-state index in [2.05, 4.69) is 0 Å². The van der Waals surface area contributed by atoms with Crippen molar-refractivity contribution in [3.63, 3.8) is 0 Å². The Morgan fingerprint density at radius 1 is 0.333 bits per heavy atom. The van der Waals surface area contributed by atoms with E-state index in [1.807, 2.05) is 0 Å². The third-order valence-corrected chi connectivity index (χ3v) is 148. The first-order valence-corrected chi connectivity index (χ1v) is 54.5. The Hall–Kier alpha value is 0.521. The van der Waals surface area contributed by atoms with Crippen LogP contribution in [0.2, 0.25) is 13.1 Å². The second kappa shape index (κ2) is 17.0. The van der Waals surface area contributed by atoms with E-state index in [1.165, 1.54) is 0 Å². The third-order valence-electron chi connectivity index (χ3n) is 4.21. The van der Waals surface area contributed by atoms with Crippen LogP contribution in [0.15, 0.2) is 0 Å². The molecular weight excluding hydrogens is 846 g/mol. The summed E-state index contributed by atoms with van der Waals surface area (Å²) < 4.78 is 216. The molecule has 0 bridgehead atoms. The van der Waals surface area contributed by atoms with Crippen LogP contribution in [0, 0.1) is 0 Å². The van der Waals surface area contributed by atoms with Crippen molar-refractivity contribution in [2.75, 3.05) is 0 Å². The molecule has 0 aliphatic carbocycles. The monoisotopic (exact) mass is 850 g/mol. The summed E-state index contributed by atoms with van der Waals surface area (Å²) in [4.78, 5) is 0. The maximum Gasteiger partial charge on any atom is 0.381 e. The maximum atomic E-state index is 12.9. The topological polar surface area (TPSA) is 307 Å². The maximum absolute atomic E-state index is 12.9. The lowest BCUT2D eigenvalue weighted by Gasteiger charge is -2.12. The Bertz CT molecular complexity index is 1330. The summed E-state index contributed by atoms with van der Waals surface area (Å²) >= 11 is 0. The van der Waals surface area contributed by atoms with Gasteiger partial charge in [0.1, 0.15) is 0 Å². The van der Waals surface area contributed by atoms with E-state index in [4.69, 9.17) is 0 Å². The first-order valence-electron chi connectivity index (χ1n) is 9.17. The zero-order valence-corrected chi connectivity index (χ0v) is 37.8. The van der Waals surface area contributed by atoms with E-state index < -0.39 is 148 Å². The quantitative estimate of drug-likeness (QED) is 0.116. The van der Waals surface area contributed by atoms with Gasteiger partial charge >= 0.3 is 141 Å². The van der Waals surface area contributed by atoms with Gasteiger partial charge in [0, 0.05) is 0 Å². The van der Waals surface area contributed by atoms with Crippen molar-refractivity contribution in [1.82, 2.24) is 0 Å². The van der Waals surface area contributed by atoms with Crippen LogP contribution in [-0.4, -0.2) is 148 Å². The third kappa shape index (κ3) is 9.77. The van der Waals surface area contributed by atoms with Crippen molar-refractivity contribution in [2.24, 2.45) is 0 Å². The molecule has 0 aliphatic rings. The molecule has 198 valence electrons. The van der Waals surface area contributed by atoms with Gasteiger partial charge in [-0.15, -0.1) is 0 Å². The minimum Gasteiger partial charge on any atom is -0.389 e. The molecule has 0 spiro atoms. The summed E-state index contributed by atoms with van der Waals surface area (Å²) in [6.07, 6.45) is 0. The lowest BCUT2D eigenvalue weighted by atomic mass is 11.9. The average molecular weight is 852 g/mol. The predicted octanol–water partition coefficient (Wildman–Crippen LogP) is -8.21. The van der Waals surface area contributed by atoms with Gasteiger partial charge in [-0.3, -0.25) is 0 Å². The van der Waals surface area contributed by atoms with Gasteiger partial charge < -0.3 is 80.3 Å². The standard InChI is InChI=1S/C2H6O18Si19/c1-39(2,37(19)35(17)33(15)31(13)29(11)27(9)25(7)23(5)21-3)38(20)36(18)34(16)32(14)30(12)28(10)26(8)24(6)22-4/h1-2H3. The summed E-state index contributed by atoms with van der Waals surface area (Å²) in [6.45, 7) is 1.88. The normalized spacial score (nSPS) is 10.1. The predicted molar refractivity (Wildman–Crippen MR) is 133 cm³/mol. The minimum absolute atomic E-state index is 0.942. The van der Waals surface area contributed by atoms with Crippen LogP contribution in [0.3, 0.4) is 0 Å². The number of hydrogen-bond donors (Lipinski definition) is 0. The Balaban J connectivity index is 5.86. The number of rotatable bonds is 18. The van der Waals surface area contributed by atoms with Crippen molar-refractivity contribution < 1.29 is 80.3 Å². The summed E-state index contributed by atoms with van der Waals surface area (Å²) in [5.41, 5.74) is 0. The van der Waals surface area contributed by atoms with Crippen LogP contribution in [0.5, 0.6) is 0 Å². The fourth-order valence-corrected chi connectivity index (χ4v) is 210. The second-order valence-corrected chi connectivity index (χ2v) is 99.1. The SMILES string of the molecule is C[Si](C)([Si](=O)[Si](=O)[Si](=O)[Si](=O)[Si](=O)[Si](=O)[Si](=O)[Si](=O)[Si]=O)[Si](=O)[Si](=O)[Si](=O)[Si](=O)[Si](=O)[Si](=O)[Si](=O)[Si](=O)[Si]=O. The first kappa shape index (κ1) is 39.5. The molecule has 0 aromatic carbocycles. The highest BCUT2D eigenvalue weighted by Crippen LogP contribution is 2.04. The minimum atomic E-state index is -4.11. The molecule has 0 saturated carbocycles. The first-order chi connectivity index (χ1) is 17.7. The fourth-order valence-electron chi connectivity index (χ4n) is 2.00. The second-order valence-electron chi connectivity index (χ2n) is 7.10. The summed E-state index contributed by atoms with van der Waals surface area (Å²) in [5.74, 6) is 0. The number of hydrogen-bond acceptors (Lipinski definition) is 18. The highest BCUT2D eigenvalue weighted by molar-refractivity contribution is 7.86. The van der Waals surface area contributed by atoms with E-state index in [9.17, 15) is 80.3 Å². The van der Waals surface area contributed by atoms with Crippen LogP contribution < -0.4 is 0 Å². The average Bonchev–Trinajstić information content (AvgIpc) is 2.94. The summed E-state index contributed by atoms with van der Waals surface area (Å²) in [7, 11) is -69.7. The smallest absolute Gasteiger partial charge is 0.381 e. The van der Waals surface area contributed by atoms with Crippen LogP contribution in [-0.2, 0) is 80.3 Å². The Labute approximate surface area is 240 Å². The molecule has 0 fully saturated rings. The van der Waals surface area contributed by atoms with Gasteiger partial charge in [0.15, 0.2) is 7.11 Å². The van der Waals surface area contributed by atoms with Crippen LogP contribution in [0.4, 0.5) is 0 Å². The Morgan fingerprint density at radius 2 is 0.513 bits per heavy atom. The Kier molecular flexibility index (Phi) is 17.2. The highest BCUT2D eigenvalue weighted by atomic mass is 30.1. The molecule has 39 heavy (non-hydrogen) atoms. The molecular formula is C2H6O18Si19.